The van der Waals surface area contributed by atoms with Gasteiger partial charge in [-0.25, -0.2) is 0 Å². The molecule has 0 saturated carbocycles. The molecular weight excluding hydrogens is 259 g/mol. The summed E-state index contributed by atoms with van der Waals surface area (Å²) in [5, 5.41) is 0.801. The third kappa shape index (κ3) is 4.99. The van der Waals surface area contributed by atoms with Gasteiger partial charge in [0, 0.05) is 10.9 Å². The Kier molecular flexibility index (Phi) is 7.35. The molecule has 0 spiro atoms. The van der Waals surface area contributed by atoms with Gasteiger partial charge in [0.25, 0.3) is 0 Å². The lowest BCUT2D eigenvalue weighted by Crippen LogP contribution is -2.01. The van der Waals surface area contributed by atoms with Crippen LogP contribution in [-0.2, 0) is 0 Å². The van der Waals surface area contributed by atoms with Crippen molar-refractivity contribution in [2.45, 2.75) is 25.7 Å². The van der Waals surface area contributed by atoms with Crippen LogP contribution in [-0.4, -0.2) is 17.4 Å². The molecule has 0 bridgehead atoms. The van der Waals surface area contributed by atoms with Crippen LogP contribution >= 0.6 is 35.0 Å². The largest absolute Gasteiger partial charge is 0.162 e. The average Bonchev–Trinajstić information content (AvgIpc) is 2.29. The Bertz CT molecular complexity index is 302. The lowest BCUT2D eigenvalue weighted by Gasteiger charge is -2.14. The van der Waals surface area contributed by atoms with Crippen molar-refractivity contribution in [2.24, 2.45) is 0 Å². The van der Waals surface area contributed by atoms with E-state index in [0.717, 1.165) is 11.4 Å². The van der Waals surface area contributed by atoms with E-state index < -0.39 is 0 Å². The Morgan fingerprint density at radius 1 is 1.38 bits per heavy atom. The normalized spacial score (nSPS) is 12.7. The lowest BCUT2D eigenvalue weighted by atomic mass is 9.96. The second kappa shape index (κ2) is 8.27. The molecule has 0 amide bonds. The summed E-state index contributed by atoms with van der Waals surface area (Å²) in [5.41, 5.74) is 1.27. The van der Waals surface area contributed by atoms with Gasteiger partial charge in [-0.2, -0.15) is 11.8 Å². The highest BCUT2D eigenvalue weighted by Gasteiger charge is 2.10. The smallest absolute Gasteiger partial charge is 0.0408 e. The van der Waals surface area contributed by atoms with E-state index in [4.69, 9.17) is 23.2 Å². The van der Waals surface area contributed by atoms with E-state index in [2.05, 4.69) is 13.0 Å². The van der Waals surface area contributed by atoms with Gasteiger partial charge in [0.2, 0.25) is 0 Å². The van der Waals surface area contributed by atoms with E-state index >= 15 is 0 Å². The minimum Gasteiger partial charge on any atom is -0.162 e. The molecule has 1 aromatic rings. The molecule has 0 radical (unpaired) electrons. The molecule has 0 saturated heterocycles. The quantitative estimate of drug-likeness (QED) is 0.488. The summed E-state index contributed by atoms with van der Waals surface area (Å²) in [6.07, 6.45) is 2.37. The van der Waals surface area contributed by atoms with Crippen LogP contribution in [0.15, 0.2) is 24.3 Å². The first-order chi connectivity index (χ1) is 7.77. The van der Waals surface area contributed by atoms with Crippen LogP contribution < -0.4 is 0 Å². The minimum absolute atomic E-state index is 0.442. The molecule has 0 aliphatic heterocycles. The molecule has 0 fully saturated rings. The van der Waals surface area contributed by atoms with Crippen molar-refractivity contribution in [3.8, 4) is 0 Å². The summed E-state index contributed by atoms with van der Waals surface area (Å²) in [6, 6.07) is 8.05. The van der Waals surface area contributed by atoms with Crippen molar-refractivity contribution in [1.29, 1.82) is 0 Å². The molecule has 1 atom stereocenters. The highest BCUT2D eigenvalue weighted by Crippen LogP contribution is 2.25. The van der Waals surface area contributed by atoms with Crippen molar-refractivity contribution in [1.82, 2.24) is 0 Å². The van der Waals surface area contributed by atoms with Crippen LogP contribution in [0.3, 0.4) is 0 Å². The average molecular weight is 277 g/mol. The van der Waals surface area contributed by atoms with Gasteiger partial charge in [-0.1, -0.05) is 30.7 Å². The lowest BCUT2D eigenvalue weighted by molar-refractivity contribution is 0.674. The standard InChI is InChI=1S/C13H18Cl2S/c1-2-16-8-4-6-12(10-14)11-5-3-7-13(15)9-11/h3,5,7,9,12H,2,4,6,8,10H2,1H3. The highest BCUT2D eigenvalue weighted by atomic mass is 35.5. The fourth-order valence-corrected chi connectivity index (χ4v) is 2.86. The van der Waals surface area contributed by atoms with E-state index in [9.17, 15) is 0 Å². The fraction of sp³-hybridized carbons (Fsp3) is 0.538. The van der Waals surface area contributed by atoms with Crippen molar-refractivity contribution in [2.75, 3.05) is 17.4 Å². The van der Waals surface area contributed by atoms with E-state index in [0.29, 0.717) is 11.8 Å². The third-order valence-corrected chi connectivity index (χ3v) is 4.14. The van der Waals surface area contributed by atoms with Crippen LogP contribution in [0.1, 0.15) is 31.2 Å². The number of thioether (sulfide) groups is 1. The third-order valence-electron chi connectivity index (χ3n) is 2.55. The maximum Gasteiger partial charge on any atom is 0.0408 e. The van der Waals surface area contributed by atoms with Gasteiger partial charge in [0.1, 0.15) is 0 Å². The predicted octanol–water partition coefficient (Wildman–Crippen LogP) is 5.20. The predicted molar refractivity (Wildman–Crippen MR) is 77.1 cm³/mol. The van der Waals surface area contributed by atoms with E-state index in [-0.39, 0.29) is 0 Å². The zero-order chi connectivity index (χ0) is 11.8. The molecule has 0 aliphatic rings. The fourth-order valence-electron chi connectivity index (χ4n) is 1.67. The summed E-state index contributed by atoms with van der Waals surface area (Å²) >= 11 is 14.0. The number of rotatable bonds is 7. The van der Waals surface area contributed by atoms with E-state index in [1.165, 1.54) is 23.5 Å². The maximum absolute atomic E-state index is 6.02. The SMILES string of the molecule is CCSCCCC(CCl)c1cccc(Cl)c1. The van der Waals surface area contributed by atoms with Crippen LogP contribution in [0.5, 0.6) is 0 Å². The number of hydrogen-bond donors (Lipinski definition) is 0. The Morgan fingerprint density at radius 3 is 2.81 bits per heavy atom. The molecule has 90 valence electrons. The molecule has 3 heteroatoms. The Hall–Kier alpha value is 0.150. The summed E-state index contributed by atoms with van der Waals surface area (Å²) in [6.45, 7) is 2.20. The molecular formula is C13H18Cl2S. The molecule has 1 unspecified atom stereocenters. The molecule has 1 aromatic carbocycles. The van der Waals surface area contributed by atoms with Crippen LogP contribution in [0.4, 0.5) is 0 Å². The van der Waals surface area contributed by atoms with Crippen molar-refractivity contribution < 1.29 is 0 Å². The van der Waals surface area contributed by atoms with Gasteiger partial charge in [-0.3, -0.25) is 0 Å². The number of alkyl halides is 1. The van der Waals surface area contributed by atoms with Gasteiger partial charge < -0.3 is 0 Å². The van der Waals surface area contributed by atoms with Crippen molar-refractivity contribution in [3.05, 3.63) is 34.9 Å². The van der Waals surface area contributed by atoms with Crippen molar-refractivity contribution in [3.63, 3.8) is 0 Å². The number of hydrogen-bond acceptors (Lipinski definition) is 1. The maximum atomic E-state index is 6.02. The summed E-state index contributed by atoms with van der Waals surface area (Å²) in [5.74, 6) is 3.54. The first-order valence-corrected chi connectivity index (χ1v) is 7.73. The molecule has 16 heavy (non-hydrogen) atoms. The molecule has 0 heterocycles. The van der Waals surface area contributed by atoms with Gasteiger partial charge in [-0.15, -0.1) is 11.6 Å². The molecule has 1 rings (SSSR count). The Labute approximate surface area is 113 Å². The number of halogens is 2. The first kappa shape index (κ1) is 14.2. The molecule has 0 N–H and O–H groups in total. The van der Waals surface area contributed by atoms with Crippen LogP contribution in [0.2, 0.25) is 5.02 Å². The highest BCUT2D eigenvalue weighted by molar-refractivity contribution is 7.99. The molecule has 0 nitrogen and oxygen atoms in total. The minimum atomic E-state index is 0.442. The second-order valence-corrected chi connectivity index (χ2v) is 5.88. The van der Waals surface area contributed by atoms with Gasteiger partial charge in [-0.05, 0) is 48.0 Å². The Morgan fingerprint density at radius 2 is 2.19 bits per heavy atom. The Balaban J connectivity index is 2.47. The van der Waals surface area contributed by atoms with E-state index in [1.54, 1.807) is 0 Å². The summed E-state index contributed by atoms with van der Waals surface area (Å²) in [4.78, 5) is 0. The summed E-state index contributed by atoms with van der Waals surface area (Å²) < 4.78 is 0. The topological polar surface area (TPSA) is 0 Å². The van der Waals surface area contributed by atoms with E-state index in [1.807, 2.05) is 30.0 Å². The van der Waals surface area contributed by atoms with Crippen molar-refractivity contribution >= 4 is 35.0 Å². The monoisotopic (exact) mass is 276 g/mol. The zero-order valence-corrected chi connectivity index (χ0v) is 11.9. The number of benzene rings is 1. The molecule has 0 aliphatic carbocycles. The van der Waals surface area contributed by atoms with Gasteiger partial charge in [0.15, 0.2) is 0 Å². The molecule has 0 aromatic heterocycles. The van der Waals surface area contributed by atoms with Crippen LogP contribution in [0, 0.1) is 0 Å². The zero-order valence-electron chi connectivity index (χ0n) is 9.59. The summed E-state index contributed by atoms with van der Waals surface area (Å²) in [7, 11) is 0. The second-order valence-electron chi connectivity index (χ2n) is 3.75. The van der Waals surface area contributed by atoms with Gasteiger partial charge in [0.05, 0.1) is 0 Å². The van der Waals surface area contributed by atoms with Gasteiger partial charge >= 0.3 is 0 Å². The first-order valence-electron chi connectivity index (χ1n) is 5.67. The van der Waals surface area contributed by atoms with Crippen LogP contribution in [0.25, 0.3) is 0 Å².